The van der Waals surface area contributed by atoms with E-state index in [9.17, 15) is 0 Å². The van der Waals surface area contributed by atoms with E-state index in [1.807, 2.05) is 24.4 Å². The number of pyridine rings is 1. The third-order valence-electron chi connectivity index (χ3n) is 9.75. The van der Waals surface area contributed by atoms with E-state index in [0.29, 0.717) is 29.6 Å². The van der Waals surface area contributed by atoms with Gasteiger partial charge in [0.05, 0.1) is 7.11 Å². The van der Waals surface area contributed by atoms with Crippen molar-refractivity contribution in [1.82, 2.24) is 4.98 Å². The van der Waals surface area contributed by atoms with Gasteiger partial charge in [0.2, 0.25) is 0 Å². The highest BCUT2D eigenvalue weighted by atomic mass is 16.5. The van der Waals surface area contributed by atoms with Crippen LogP contribution in [-0.4, -0.2) is 12.1 Å². The number of aryl methyl sites for hydroxylation is 3. The molecule has 0 saturated heterocycles. The first kappa shape index (κ1) is 79.2. The summed E-state index contributed by atoms with van der Waals surface area (Å²) in [5, 5.41) is 0. The van der Waals surface area contributed by atoms with Gasteiger partial charge in [0, 0.05) is 11.9 Å². The first-order valence-electron chi connectivity index (χ1n) is 23.9. The van der Waals surface area contributed by atoms with Crippen molar-refractivity contribution in [3.63, 3.8) is 0 Å². The van der Waals surface area contributed by atoms with Crippen molar-refractivity contribution < 1.29 is 4.74 Å². The standard InChI is InChI=1S/C10H14O.3C10H14.C9H13N.C9H12.C4H10.6CH4/c1-8(2)9-4-6-10(11-3)7-5-9;2*1-8(2)10-6-4-9(3)5-7-10;1-9(2)8-10-6-4-3-5-7-10;1-7(2)9-5-4-8(3)6-10-9;1-8(2)9-6-4-3-5-7-9;1-4(2)3;;;;;;/h4-8H,1-3H3;2*4-8H,1-3H3;3-7,9H,8H2,1-2H3;4-7H,1-3H3;3-8H,1-2H3;4H,1-3H3;6*1H4. The number of nitrogens with zero attached hydrogens (tertiary/aromatic N) is 1. The maximum absolute atomic E-state index is 5.05. The molecular formula is C68H115NO. The van der Waals surface area contributed by atoms with Crippen LogP contribution >= 0.6 is 0 Å². The molecule has 0 N–H and O–H groups in total. The Morgan fingerprint density at radius 2 is 0.657 bits per heavy atom. The van der Waals surface area contributed by atoms with E-state index in [1.165, 1.54) is 56.6 Å². The molecule has 6 rings (SSSR count). The van der Waals surface area contributed by atoms with Gasteiger partial charge in [-0.1, -0.05) is 287 Å². The molecule has 2 heteroatoms. The highest BCUT2D eigenvalue weighted by molar-refractivity contribution is 5.29. The first-order valence-corrected chi connectivity index (χ1v) is 23.9. The predicted molar refractivity (Wildman–Crippen MR) is 327 cm³/mol. The van der Waals surface area contributed by atoms with Crippen molar-refractivity contribution in [1.29, 1.82) is 0 Å². The van der Waals surface area contributed by atoms with E-state index >= 15 is 0 Å². The number of methoxy groups -OCH3 is 1. The molecule has 0 saturated carbocycles. The molecule has 2 nitrogen and oxygen atoms in total. The zero-order valence-electron chi connectivity index (χ0n) is 44.0. The molecule has 0 fully saturated rings. The molecule has 70 heavy (non-hydrogen) atoms. The number of benzene rings is 5. The normalized spacial score (nSPS) is 9.34. The number of aromatic nitrogens is 1. The Kier molecular flexibility index (Phi) is 52.5. The number of hydrogen-bond donors (Lipinski definition) is 0. The molecule has 0 radical (unpaired) electrons. The van der Waals surface area contributed by atoms with E-state index in [-0.39, 0.29) is 44.6 Å². The quantitative estimate of drug-likeness (QED) is 0.152. The van der Waals surface area contributed by atoms with Gasteiger partial charge in [-0.3, -0.25) is 4.98 Å². The summed E-state index contributed by atoms with van der Waals surface area (Å²) in [6.45, 7) is 39.2. The van der Waals surface area contributed by atoms with E-state index in [0.717, 1.165) is 17.6 Å². The first-order chi connectivity index (χ1) is 30.2. The lowest BCUT2D eigenvalue weighted by Gasteiger charge is -2.05. The van der Waals surface area contributed by atoms with Gasteiger partial charge in [-0.25, -0.2) is 0 Å². The predicted octanol–water partition coefficient (Wildman–Crippen LogP) is 22.7. The minimum atomic E-state index is 0. The largest absolute Gasteiger partial charge is 0.497 e. The summed E-state index contributed by atoms with van der Waals surface area (Å²) in [6, 6.07) is 50.9. The molecule has 0 spiro atoms. The van der Waals surface area contributed by atoms with Gasteiger partial charge in [-0.15, -0.1) is 0 Å². The second-order valence-corrected chi connectivity index (χ2v) is 19.4. The maximum atomic E-state index is 5.05. The second kappa shape index (κ2) is 46.4. The Hall–Kier alpha value is -4.95. The average Bonchev–Trinajstić information content (AvgIpc) is 3.25. The van der Waals surface area contributed by atoms with Crippen LogP contribution in [-0.2, 0) is 6.42 Å². The molecule has 5 aromatic carbocycles. The summed E-state index contributed by atoms with van der Waals surface area (Å²) in [4.78, 5) is 4.28. The summed E-state index contributed by atoms with van der Waals surface area (Å²) in [6.07, 6.45) is 3.11. The van der Waals surface area contributed by atoms with E-state index in [4.69, 9.17) is 4.74 Å². The van der Waals surface area contributed by atoms with E-state index < -0.39 is 0 Å². The Morgan fingerprint density at radius 1 is 0.357 bits per heavy atom. The minimum absolute atomic E-state index is 0. The van der Waals surface area contributed by atoms with Crippen molar-refractivity contribution in [2.75, 3.05) is 7.11 Å². The van der Waals surface area contributed by atoms with Crippen molar-refractivity contribution in [3.8, 4) is 5.75 Å². The fraction of sp³-hybridized carbons (Fsp3) is 0.485. The van der Waals surface area contributed by atoms with Gasteiger partial charge in [0.15, 0.2) is 0 Å². The Labute approximate surface area is 439 Å². The molecule has 1 heterocycles. The van der Waals surface area contributed by atoms with Crippen LogP contribution in [0.5, 0.6) is 5.75 Å². The number of ether oxygens (including phenoxy) is 1. The third kappa shape index (κ3) is 40.9. The Balaban J connectivity index is -0.000000132. The molecule has 0 atom stereocenters. The minimum Gasteiger partial charge on any atom is -0.497 e. The summed E-state index contributed by atoms with van der Waals surface area (Å²) < 4.78 is 5.05. The zero-order chi connectivity index (χ0) is 48.6. The smallest absolute Gasteiger partial charge is 0.118 e. The number of hydrogen-bond acceptors (Lipinski definition) is 2. The monoisotopic (exact) mass is 962 g/mol. The van der Waals surface area contributed by atoms with Crippen molar-refractivity contribution in [2.24, 2.45) is 11.8 Å². The summed E-state index contributed by atoms with van der Waals surface area (Å²) in [5.41, 5.74) is 12.1. The van der Waals surface area contributed by atoms with Crippen LogP contribution in [0.2, 0.25) is 0 Å². The average molecular weight is 963 g/mol. The Bertz CT molecular complexity index is 1820. The molecule has 0 amide bonds. The van der Waals surface area contributed by atoms with Crippen molar-refractivity contribution in [3.05, 3.63) is 202 Å². The molecular weight excluding hydrogens is 847 g/mol. The van der Waals surface area contributed by atoms with E-state index in [1.54, 1.807) is 7.11 Å². The lowest BCUT2D eigenvalue weighted by molar-refractivity contribution is 0.414. The third-order valence-corrected chi connectivity index (χ3v) is 9.75. The van der Waals surface area contributed by atoms with Crippen LogP contribution in [0.1, 0.15) is 228 Å². The molecule has 0 aliphatic heterocycles. The second-order valence-electron chi connectivity index (χ2n) is 19.4. The Morgan fingerprint density at radius 3 is 0.914 bits per heavy atom. The molecule has 1 aromatic heterocycles. The van der Waals surface area contributed by atoms with Gasteiger partial charge in [0.25, 0.3) is 0 Å². The molecule has 398 valence electrons. The molecule has 0 bridgehead atoms. The van der Waals surface area contributed by atoms with Crippen LogP contribution < -0.4 is 4.74 Å². The summed E-state index contributed by atoms with van der Waals surface area (Å²) in [7, 11) is 1.68. The zero-order valence-corrected chi connectivity index (χ0v) is 44.0. The lowest BCUT2D eigenvalue weighted by Crippen LogP contribution is -1.92. The van der Waals surface area contributed by atoms with Gasteiger partial charge < -0.3 is 4.74 Å². The summed E-state index contributed by atoms with van der Waals surface area (Å²) >= 11 is 0. The van der Waals surface area contributed by atoms with Crippen molar-refractivity contribution >= 4 is 0 Å². The van der Waals surface area contributed by atoms with Crippen LogP contribution in [0.4, 0.5) is 0 Å². The van der Waals surface area contributed by atoms with Gasteiger partial charge in [0.1, 0.15) is 5.75 Å². The highest BCUT2D eigenvalue weighted by Crippen LogP contribution is 2.18. The topological polar surface area (TPSA) is 22.1 Å². The van der Waals surface area contributed by atoms with E-state index in [2.05, 4.69) is 257 Å². The fourth-order valence-corrected chi connectivity index (χ4v) is 5.64. The van der Waals surface area contributed by atoms with Gasteiger partial charge in [-0.2, -0.15) is 0 Å². The van der Waals surface area contributed by atoms with Crippen molar-refractivity contribution in [2.45, 2.75) is 205 Å². The summed E-state index contributed by atoms with van der Waals surface area (Å²) in [5.74, 6) is 5.63. The van der Waals surface area contributed by atoms with Gasteiger partial charge in [-0.05, 0) is 120 Å². The molecule has 0 unspecified atom stereocenters. The molecule has 0 aliphatic rings. The van der Waals surface area contributed by atoms with Crippen LogP contribution in [0.15, 0.2) is 152 Å². The van der Waals surface area contributed by atoms with Crippen LogP contribution in [0.3, 0.4) is 0 Å². The van der Waals surface area contributed by atoms with Gasteiger partial charge >= 0.3 is 0 Å². The molecule has 6 aromatic rings. The fourth-order valence-electron chi connectivity index (χ4n) is 5.64. The highest BCUT2D eigenvalue weighted by Gasteiger charge is 2.00. The number of rotatable bonds is 8. The lowest BCUT2D eigenvalue weighted by atomic mass is 10.0. The maximum Gasteiger partial charge on any atom is 0.118 e. The SMILES string of the molecule is C.C.C.C.C.C.CC(C)C.CC(C)Cc1ccccc1.CC(C)c1ccccc1.COc1ccc(C(C)C)cc1.Cc1ccc(C(C)C)cc1.Cc1ccc(C(C)C)cc1.Cc1ccc(C(C)C)nc1. The molecule has 0 aliphatic carbocycles. The van der Waals surface area contributed by atoms with Crippen LogP contribution in [0.25, 0.3) is 0 Å². The van der Waals surface area contributed by atoms with Crippen LogP contribution in [0, 0.1) is 32.6 Å².